The number of aliphatic hydroxyl groups is 1. The maximum atomic E-state index is 11.9. The van der Waals surface area contributed by atoms with Gasteiger partial charge in [0.2, 0.25) is 5.95 Å². The third-order valence-corrected chi connectivity index (χ3v) is 7.95. The Morgan fingerprint density at radius 1 is 0.974 bits per heavy atom. The molecular weight excluding hydrogens is 480 g/mol. The van der Waals surface area contributed by atoms with Gasteiger partial charge in [-0.2, -0.15) is 9.97 Å². The zero-order chi connectivity index (χ0) is 26.6. The van der Waals surface area contributed by atoms with Crippen LogP contribution in [-0.2, 0) is 17.4 Å². The molecule has 0 saturated carbocycles. The normalized spacial score (nSPS) is 21.4. The first-order valence-electron chi connectivity index (χ1n) is 13.8. The van der Waals surface area contributed by atoms with Crippen LogP contribution in [0.15, 0.2) is 24.3 Å². The van der Waals surface area contributed by atoms with Gasteiger partial charge < -0.3 is 19.3 Å². The molecule has 2 aliphatic rings. The summed E-state index contributed by atoms with van der Waals surface area (Å²) in [5.74, 6) is 3.10. The molecule has 0 spiro atoms. The minimum absolute atomic E-state index is 0.181. The summed E-state index contributed by atoms with van der Waals surface area (Å²) in [6.07, 6.45) is 1.59. The number of hydrogen-bond donors (Lipinski definition) is 1. The average molecular weight is 519 g/mol. The van der Waals surface area contributed by atoms with Gasteiger partial charge in [0.05, 0.1) is 24.2 Å². The van der Waals surface area contributed by atoms with E-state index >= 15 is 0 Å². The Bertz CT molecular complexity index is 1470. The number of benzene rings is 1. The SMILES string of the molecule is CC(C)c1nc2ccccc2n1-c1nc(N2CCOCC2)c2nc([C@@]3(O)CCCN(C(C)C)C3)n(C)c2n1. The fourth-order valence-electron chi connectivity index (χ4n) is 5.88. The second-order valence-electron chi connectivity index (χ2n) is 11.3. The monoisotopic (exact) mass is 518 g/mol. The van der Waals surface area contributed by atoms with Crippen LogP contribution < -0.4 is 4.90 Å². The van der Waals surface area contributed by atoms with Crippen molar-refractivity contribution in [1.29, 1.82) is 0 Å². The van der Waals surface area contributed by atoms with Crippen molar-refractivity contribution in [2.75, 3.05) is 44.3 Å². The highest BCUT2D eigenvalue weighted by molar-refractivity contribution is 5.86. The summed E-state index contributed by atoms with van der Waals surface area (Å²) in [6, 6.07) is 8.48. The summed E-state index contributed by atoms with van der Waals surface area (Å²) in [4.78, 5) is 24.8. The predicted molar refractivity (Wildman–Crippen MR) is 148 cm³/mol. The number of para-hydroxylation sites is 2. The summed E-state index contributed by atoms with van der Waals surface area (Å²) in [5, 5.41) is 11.9. The van der Waals surface area contributed by atoms with Gasteiger partial charge in [0.1, 0.15) is 17.2 Å². The van der Waals surface area contributed by atoms with E-state index in [9.17, 15) is 5.11 Å². The Kier molecular flexibility index (Phi) is 6.36. The minimum atomic E-state index is -1.05. The topological polar surface area (TPSA) is 97.4 Å². The third kappa shape index (κ3) is 4.15. The molecule has 4 aromatic rings. The third-order valence-electron chi connectivity index (χ3n) is 7.95. The summed E-state index contributed by atoms with van der Waals surface area (Å²) < 4.78 is 9.70. The first-order chi connectivity index (χ1) is 18.3. The van der Waals surface area contributed by atoms with Crippen LogP contribution in [0, 0.1) is 0 Å². The van der Waals surface area contributed by atoms with Gasteiger partial charge in [-0.25, -0.2) is 9.97 Å². The van der Waals surface area contributed by atoms with Crippen LogP contribution in [0.2, 0.25) is 0 Å². The van der Waals surface area contributed by atoms with Gasteiger partial charge in [0, 0.05) is 38.6 Å². The number of ether oxygens (including phenoxy) is 1. The lowest BCUT2D eigenvalue weighted by Gasteiger charge is -2.40. The second-order valence-corrected chi connectivity index (χ2v) is 11.3. The quantitative estimate of drug-likeness (QED) is 0.430. The number of imidazole rings is 2. The summed E-state index contributed by atoms with van der Waals surface area (Å²) >= 11 is 0. The lowest BCUT2D eigenvalue weighted by atomic mass is 9.91. The maximum absolute atomic E-state index is 11.9. The first-order valence-corrected chi connectivity index (χ1v) is 13.8. The summed E-state index contributed by atoms with van der Waals surface area (Å²) in [7, 11) is 1.96. The van der Waals surface area contributed by atoms with Crippen LogP contribution in [0.1, 0.15) is 58.1 Å². The van der Waals surface area contributed by atoms with Crippen LogP contribution in [0.5, 0.6) is 0 Å². The van der Waals surface area contributed by atoms with Gasteiger partial charge in [0.15, 0.2) is 17.0 Å². The number of nitrogens with zero attached hydrogens (tertiary/aromatic N) is 8. The molecule has 0 aliphatic carbocycles. The highest BCUT2D eigenvalue weighted by Crippen LogP contribution is 2.36. The number of β-amino-alcohol motifs (C(OH)–C–C–N with tert-alkyl or cyclic N) is 1. The van der Waals surface area contributed by atoms with Gasteiger partial charge in [-0.3, -0.25) is 9.47 Å². The Morgan fingerprint density at radius 2 is 1.74 bits per heavy atom. The highest BCUT2D eigenvalue weighted by Gasteiger charge is 2.40. The van der Waals surface area contributed by atoms with E-state index in [4.69, 9.17) is 24.7 Å². The molecule has 6 rings (SSSR count). The van der Waals surface area contributed by atoms with Gasteiger partial charge in [-0.05, 0) is 45.4 Å². The van der Waals surface area contributed by atoms with E-state index < -0.39 is 5.60 Å². The predicted octanol–water partition coefficient (Wildman–Crippen LogP) is 3.35. The Morgan fingerprint density at radius 3 is 2.47 bits per heavy atom. The second kappa shape index (κ2) is 9.59. The van der Waals surface area contributed by atoms with Crippen molar-refractivity contribution in [3.8, 4) is 5.95 Å². The van der Waals surface area contributed by atoms with Gasteiger partial charge in [0.25, 0.3) is 0 Å². The molecule has 38 heavy (non-hydrogen) atoms. The Balaban J connectivity index is 1.58. The zero-order valence-corrected chi connectivity index (χ0v) is 23.1. The van der Waals surface area contributed by atoms with Crippen molar-refractivity contribution in [3.05, 3.63) is 35.9 Å². The van der Waals surface area contributed by atoms with Crippen LogP contribution in [0.3, 0.4) is 0 Å². The van der Waals surface area contributed by atoms with E-state index in [2.05, 4.69) is 48.1 Å². The summed E-state index contributed by atoms with van der Waals surface area (Å²) in [5.41, 5.74) is 2.28. The molecule has 5 heterocycles. The molecule has 2 fully saturated rings. The van der Waals surface area contributed by atoms with E-state index in [1.807, 2.05) is 29.8 Å². The first kappa shape index (κ1) is 25.2. The molecule has 1 N–H and O–H groups in total. The van der Waals surface area contributed by atoms with Gasteiger partial charge in [-0.1, -0.05) is 26.0 Å². The average Bonchev–Trinajstić information content (AvgIpc) is 3.47. The largest absolute Gasteiger partial charge is 0.381 e. The molecule has 2 saturated heterocycles. The Hall–Kier alpha value is -3.08. The molecule has 1 aromatic carbocycles. The fourth-order valence-corrected chi connectivity index (χ4v) is 5.88. The number of aryl methyl sites for hydroxylation is 1. The lowest BCUT2D eigenvalue weighted by molar-refractivity contribution is -0.0523. The number of piperidine rings is 1. The summed E-state index contributed by atoms with van der Waals surface area (Å²) in [6.45, 7) is 12.9. The standard InChI is InChI=1S/C28H38N8O2/c1-18(2)23-29-20-9-6-7-10-21(20)36(23)27-31-24-22(25(32-27)34-13-15-38-16-14-34)30-26(33(24)5)28(37)11-8-12-35(17-28)19(3)4/h6-7,9-10,18-19,37H,8,11-17H2,1-5H3/t28-/m1/s1. The van der Waals surface area contributed by atoms with E-state index in [0.29, 0.717) is 49.6 Å². The van der Waals surface area contributed by atoms with Crippen LogP contribution in [0.25, 0.3) is 28.1 Å². The number of morpholine rings is 1. The molecule has 10 heteroatoms. The van der Waals surface area contributed by atoms with E-state index in [1.165, 1.54) is 0 Å². The molecule has 202 valence electrons. The van der Waals surface area contributed by atoms with Crippen molar-refractivity contribution in [3.63, 3.8) is 0 Å². The maximum Gasteiger partial charge on any atom is 0.239 e. The van der Waals surface area contributed by atoms with E-state index in [1.54, 1.807) is 0 Å². The Labute approximate surface area is 223 Å². The molecule has 0 radical (unpaired) electrons. The molecule has 0 amide bonds. The van der Waals surface area contributed by atoms with Crippen LogP contribution >= 0.6 is 0 Å². The molecule has 0 bridgehead atoms. The number of aromatic nitrogens is 6. The number of likely N-dealkylation sites (tertiary alicyclic amines) is 1. The molecule has 1 atom stereocenters. The van der Waals surface area contributed by atoms with Gasteiger partial charge in [-0.15, -0.1) is 0 Å². The van der Waals surface area contributed by atoms with Crippen LogP contribution in [0.4, 0.5) is 5.82 Å². The highest BCUT2D eigenvalue weighted by atomic mass is 16.5. The molecule has 2 aliphatic heterocycles. The number of rotatable bonds is 5. The zero-order valence-electron chi connectivity index (χ0n) is 23.1. The fraction of sp³-hybridized carbons (Fsp3) is 0.571. The number of anilines is 1. The van der Waals surface area contributed by atoms with Crippen molar-refractivity contribution in [1.82, 2.24) is 34.0 Å². The minimum Gasteiger partial charge on any atom is -0.381 e. The lowest BCUT2D eigenvalue weighted by Crippen LogP contribution is -2.49. The van der Waals surface area contributed by atoms with Crippen molar-refractivity contribution < 1.29 is 9.84 Å². The van der Waals surface area contributed by atoms with Gasteiger partial charge >= 0.3 is 0 Å². The van der Waals surface area contributed by atoms with E-state index in [0.717, 1.165) is 54.2 Å². The number of fused-ring (bicyclic) bond motifs is 2. The smallest absolute Gasteiger partial charge is 0.239 e. The van der Waals surface area contributed by atoms with E-state index in [-0.39, 0.29) is 5.92 Å². The van der Waals surface area contributed by atoms with Crippen LogP contribution in [-0.4, -0.2) is 84.5 Å². The number of hydrogen-bond acceptors (Lipinski definition) is 8. The molecule has 10 nitrogen and oxygen atoms in total. The molecule has 3 aromatic heterocycles. The van der Waals surface area contributed by atoms with Crippen molar-refractivity contribution in [2.24, 2.45) is 7.05 Å². The van der Waals surface area contributed by atoms with Crippen molar-refractivity contribution >= 4 is 28.0 Å². The molecule has 0 unspecified atom stereocenters. The van der Waals surface area contributed by atoms with Crippen molar-refractivity contribution in [2.45, 2.75) is 58.1 Å². The molecular formula is C28H38N8O2.